The summed E-state index contributed by atoms with van der Waals surface area (Å²) in [6.45, 7) is 1.41. The minimum atomic E-state index is 0.226. The third-order valence-electron chi connectivity index (χ3n) is 3.70. The van der Waals surface area contributed by atoms with Crippen molar-refractivity contribution < 1.29 is 14.0 Å². The maximum absolute atomic E-state index is 5.80. The molecule has 6 nitrogen and oxygen atoms in total. The molecule has 1 atom stereocenters. The summed E-state index contributed by atoms with van der Waals surface area (Å²) in [6.07, 6.45) is 4.31. The third-order valence-corrected chi connectivity index (χ3v) is 3.70. The van der Waals surface area contributed by atoms with Crippen LogP contribution in [0.2, 0.25) is 0 Å². The van der Waals surface area contributed by atoms with E-state index >= 15 is 0 Å². The Balaban J connectivity index is 1.56. The topological polar surface area (TPSA) is 70.3 Å². The highest BCUT2D eigenvalue weighted by Crippen LogP contribution is 2.28. The summed E-state index contributed by atoms with van der Waals surface area (Å²) in [6, 6.07) is 11.2. The Morgan fingerprint density at radius 3 is 2.83 bits per heavy atom. The molecule has 0 aliphatic carbocycles. The van der Waals surface area contributed by atoms with Crippen LogP contribution in [0.25, 0.3) is 11.5 Å². The van der Waals surface area contributed by atoms with Crippen molar-refractivity contribution in [3.63, 3.8) is 0 Å². The van der Waals surface area contributed by atoms with E-state index in [0.717, 1.165) is 24.3 Å². The fraction of sp³-hybridized carbons (Fsp3) is 0.235. The van der Waals surface area contributed by atoms with Crippen LogP contribution in [0.4, 0.5) is 0 Å². The predicted molar refractivity (Wildman–Crippen MR) is 82.2 cm³/mol. The highest BCUT2D eigenvalue weighted by Gasteiger charge is 2.23. The minimum absolute atomic E-state index is 0.226. The largest absolute Gasteiger partial charge is 0.457 e. The van der Waals surface area contributed by atoms with Gasteiger partial charge in [-0.15, -0.1) is 0 Å². The molecular weight excluding hydrogens is 294 g/mol. The molecule has 0 N–H and O–H groups in total. The quantitative estimate of drug-likeness (QED) is 0.735. The molecule has 1 aliphatic rings. The van der Waals surface area contributed by atoms with Gasteiger partial charge in [-0.25, -0.2) is 0 Å². The summed E-state index contributed by atoms with van der Waals surface area (Å²) in [7, 11) is 0. The maximum atomic E-state index is 5.80. The fourth-order valence-corrected chi connectivity index (χ4v) is 2.49. The van der Waals surface area contributed by atoms with Crippen LogP contribution < -0.4 is 4.74 Å². The second-order valence-electron chi connectivity index (χ2n) is 5.33. The lowest BCUT2D eigenvalue weighted by atomic mass is 10.1. The zero-order chi connectivity index (χ0) is 15.5. The van der Waals surface area contributed by atoms with Crippen LogP contribution in [0.15, 0.2) is 53.3 Å². The fourth-order valence-electron chi connectivity index (χ4n) is 2.49. The Hall–Kier alpha value is -2.73. The minimum Gasteiger partial charge on any atom is -0.457 e. The summed E-state index contributed by atoms with van der Waals surface area (Å²) in [5.41, 5.74) is 0.828. The van der Waals surface area contributed by atoms with Gasteiger partial charge in [0.2, 0.25) is 0 Å². The van der Waals surface area contributed by atoms with Crippen LogP contribution in [0.1, 0.15) is 18.2 Å². The number of hydrogen-bond donors (Lipinski definition) is 0. The van der Waals surface area contributed by atoms with Gasteiger partial charge in [0.1, 0.15) is 11.5 Å². The number of benzene rings is 1. The Kier molecular flexibility index (Phi) is 3.73. The summed E-state index contributed by atoms with van der Waals surface area (Å²) in [5, 5.41) is 4.07. The third kappa shape index (κ3) is 3.07. The summed E-state index contributed by atoms with van der Waals surface area (Å²) < 4.78 is 16.5. The van der Waals surface area contributed by atoms with Crippen molar-refractivity contribution in [3.8, 4) is 23.0 Å². The molecular formula is C17H15N3O3. The molecule has 0 amide bonds. The first kappa shape index (κ1) is 13.9. The van der Waals surface area contributed by atoms with E-state index in [1.807, 2.05) is 24.3 Å². The van der Waals surface area contributed by atoms with Crippen LogP contribution in [0, 0.1) is 0 Å². The van der Waals surface area contributed by atoms with E-state index in [-0.39, 0.29) is 5.92 Å². The summed E-state index contributed by atoms with van der Waals surface area (Å²) in [4.78, 5) is 8.46. The molecule has 23 heavy (non-hydrogen) atoms. The average Bonchev–Trinajstić information content (AvgIpc) is 3.28. The van der Waals surface area contributed by atoms with E-state index in [9.17, 15) is 0 Å². The Bertz CT molecular complexity index is 783. The molecule has 1 fully saturated rings. The van der Waals surface area contributed by atoms with Gasteiger partial charge in [0.15, 0.2) is 5.82 Å². The van der Waals surface area contributed by atoms with E-state index in [1.165, 1.54) is 0 Å². The lowest BCUT2D eigenvalue weighted by Crippen LogP contribution is -1.99. The van der Waals surface area contributed by atoms with Gasteiger partial charge in [-0.1, -0.05) is 11.2 Å². The van der Waals surface area contributed by atoms with Gasteiger partial charge < -0.3 is 14.0 Å². The van der Waals surface area contributed by atoms with Crippen LogP contribution in [-0.2, 0) is 4.74 Å². The zero-order valence-corrected chi connectivity index (χ0v) is 12.4. The van der Waals surface area contributed by atoms with Gasteiger partial charge in [0.05, 0.1) is 6.61 Å². The first-order chi connectivity index (χ1) is 11.4. The monoisotopic (exact) mass is 309 g/mol. The molecule has 4 rings (SSSR count). The highest BCUT2D eigenvalue weighted by atomic mass is 16.5. The number of pyridine rings is 1. The molecule has 6 heteroatoms. The molecule has 0 saturated carbocycles. The number of aromatic nitrogens is 3. The van der Waals surface area contributed by atoms with Gasteiger partial charge in [-0.05, 0) is 36.8 Å². The number of nitrogens with zero attached hydrogens (tertiary/aromatic N) is 3. The zero-order valence-electron chi connectivity index (χ0n) is 12.4. The summed E-state index contributed by atoms with van der Waals surface area (Å²) >= 11 is 0. The highest BCUT2D eigenvalue weighted by molar-refractivity contribution is 5.56. The van der Waals surface area contributed by atoms with Crippen molar-refractivity contribution >= 4 is 0 Å². The lowest BCUT2D eigenvalue weighted by Gasteiger charge is -2.05. The van der Waals surface area contributed by atoms with E-state index in [0.29, 0.717) is 24.1 Å². The average molecular weight is 309 g/mol. The van der Waals surface area contributed by atoms with Crippen LogP contribution in [0.3, 0.4) is 0 Å². The second-order valence-corrected chi connectivity index (χ2v) is 5.33. The SMILES string of the molecule is c1cc(Oc2ccncc2)cc(-c2nc([C@H]3CCOC3)no2)c1. The Labute approximate surface area is 133 Å². The number of ether oxygens (including phenoxy) is 2. The molecule has 2 aromatic heterocycles. The first-order valence-electron chi connectivity index (χ1n) is 7.48. The predicted octanol–water partition coefficient (Wildman–Crippen LogP) is 3.43. The Morgan fingerprint density at radius 1 is 1.09 bits per heavy atom. The van der Waals surface area contributed by atoms with Gasteiger partial charge >= 0.3 is 0 Å². The van der Waals surface area contributed by atoms with Crippen LogP contribution in [-0.4, -0.2) is 28.3 Å². The molecule has 3 heterocycles. The van der Waals surface area contributed by atoms with Crippen molar-refractivity contribution in [2.75, 3.05) is 13.2 Å². The molecule has 1 aromatic carbocycles. The van der Waals surface area contributed by atoms with Crippen molar-refractivity contribution in [2.45, 2.75) is 12.3 Å². The van der Waals surface area contributed by atoms with Crippen molar-refractivity contribution in [3.05, 3.63) is 54.6 Å². The van der Waals surface area contributed by atoms with E-state index < -0.39 is 0 Å². The summed E-state index contributed by atoms with van der Waals surface area (Å²) in [5.74, 6) is 2.86. The molecule has 0 unspecified atom stereocenters. The molecule has 3 aromatic rings. The first-order valence-corrected chi connectivity index (χ1v) is 7.48. The van der Waals surface area contributed by atoms with E-state index in [2.05, 4.69) is 15.1 Å². The van der Waals surface area contributed by atoms with Crippen LogP contribution >= 0.6 is 0 Å². The Morgan fingerprint density at radius 2 is 2.00 bits per heavy atom. The van der Waals surface area contributed by atoms with Crippen molar-refractivity contribution in [1.29, 1.82) is 0 Å². The lowest BCUT2D eigenvalue weighted by molar-refractivity contribution is 0.192. The van der Waals surface area contributed by atoms with Crippen molar-refractivity contribution in [1.82, 2.24) is 15.1 Å². The van der Waals surface area contributed by atoms with Crippen molar-refractivity contribution in [2.24, 2.45) is 0 Å². The molecule has 1 aliphatic heterocycles. The maximum Gasteiger partial charge on any atom is 0.258 e. The van der Waals surface area contributed by atoms with E-state index in [1.54, 1.807) is 24.5 Å². The molecule has 0 radical (unpaired) electrons. The normalized spacial score (nSPS) is 17.3. The smallest absolute Gasteiger partial charge is 0.258 e. The van der Waals surface area contributed by atoms with Gasteiger partial charge in [-0.2, -0.15) is 4.98 Å². The molecule has 0 spiro atoms. The second kappa shape index (κ2) is 6.18. The van der Waals surface area contributed by atoms with E-state index in [4.69, 9.17) is 14.0 Å². The van der Waals surface area contributed by atoms with Gasteiger partial charge in [-0.3, -0.25) is 4.98 Å². The molecule has 116 valence electrons. The molecule has 1 saturated heterocycles. The van der Waals surface area contributed by atoms with Gasteiger partial charge in [0.25, 0.3) is 5.89 Å². The van der Waals surface area contributed by atoms with Crippen LogP contribution in [0.5, 0.6) is 11.5 Å². The number of hydrogen-bond acceptors (Lipinski definition) is 6. The number of rotatable bonds is 4. The molecule has 0 bridgehead atoms. The standard InChI is InChI=1S/C17H15N3O3/c1-2-12(10-15(3-1)22-14-4-7-18-8-5-14)17-19-16(20-23-17)13-6-9-21-11-13/h1-5,7-8,10,13H,6,9,11H2/t13-/m0/s1. The van der Waals surface area contributed by atoms with Gasteiger partial charge in [0, 0.05) is 30.5 Å².